The quantitative estimate of drug-likeness (QED) is 0.174. The van der Waals surface area contributed by atoms with Crippen LogP contribution in [0.1, 0.15) is 58.4 Å². The van der Waals surface area contributed by atoms with Crippen LogP contribution in [0.2, 0.25) is 13.1 Å². The number of hydrogen-bond donors (Lipinski definition) is 0. The summed E-state index contributed by atoms with van der Waals surface area (Å²) in [5.74, 6) is -1.67. The average Bonchev–Trinajstić information content (AvgIpc) is 3.49. The number of fused-ring (bicyclic) bond motifs is 2. The molecule has 6 rings (SSSR count). The van der Waals surface area contributed by atoms with Crippen molar-refractivity contribution >= 4 is 41.6 Å². The maximum absolute atomic E-state index is 8.56. The van der Waals surface area contributed by atoms with Crippen LogP contribution in [-0.2, 0) is 41.2 Å². The van der Waals surface area contributed by atoms with Crippen LogP contribution in [0.3, 0.4) is 0 Å². The van der Waals surface area contributed by atoms with Gasteiger partial charge in [-0.25, -0.2) is 0 Å². The maximum atomic E-state index is 8.56. The van der Waals surface area contributed by atoms with Crippen molar-refractivity contribution in [3.63, 3.8) is 0 Å². The average molecular weight is 660 g/mol. The Morgan fingerprint density at radius 2 is 1.00 bits per heavy atom. The summed E-state index contributed by atoms with van der Waals surface area (Å²) in [6.07, 6.45) is 8.45. The Hall–Kier alpha value is -1.96. The monoisotopic (exact) mass is 657 g/mol. The third kappa shape index (κ3) is 4.80. The van der Waals surface area contributed by atoms with Gasteiger partial charge in [0.2, 0.25) is 0 Å². The van der Waals surface area contributed by atoms with Crippen LogP contribution in [0, 0.1) is 0 Å². The second kappa shape index (κ2) is 10.7. The molecule has 0 unspecified atom stereocenters. The number of halogens is 2. The van der Waals surface area contributed by atoms with Gasteiger partial charge in [-0.3, -0.25) is 0 Å². The van der Waals surface area contributed by atoms with Gasteiger partial charge in [0, 0.05) is 0 Å². The zero-order valence-corrected chi connectivity index (χ0v) is 29.0. The molecule has 40 heavy (non-hydrogen) atoms. The second-order valence-electron chi connectivity index (χ2n) is 12.2. The van der Waals surface area contributed by atoms with Gasteiger partial charge in [-0.2, -0.15) is 0 Å². The van der Waals surface area contributed by atoms with Crippen molar-refractivity contribution in [2.45, 2.75) is 52.6 Å². The molecular formula is C36H37Cl2SiZr. The SMILES string of the molecule is CC1=Cc2c(ccc(Cc3ccccc3)[c]2[Zr]([Cl])([Cl])([c]2c(Cc3ccccc3)ccc3c2C=C(C)C3)[SiH](C)C)C1. The summed E-state index contributed by atoms with van der Waals surface area (Å²) < 4.78 is 2.65. The summed E-state index contributed by atoms with van der Waals surface area (Å²) in [5.41, 5.74) is 13.4. The first-order valence-electron chi connectivity index (χ1n) is 14.4. The summed E-state index contributed by atoms with van der Waals surface area (Å²) in [4.78, 5) is 0. The van der Waals surface area contributed by atoms with E-state index in [0.717, 1.165) is 25.7 Å². The van der Waals surface area contributed by atoms with Crippen molar-refractivity contribution in [3.8, 4) is 0 Å². The Labute approximate surface area is 248 Å². The first-order valence-corrected chi connectivity index (χ1v) is 30.4. The van der Waals surface area contributed by atoms with Gasteiger partial charge in [-0.1, -0.05) is 0 Å². The standard InChI is InChI=1S/2C17H15.C2H7Si.2ClH.Zr/c2*1-13-9-16-8-7-15(12-17(16)10-13)11-14-5-3-2-4-6-14;1-3-2;;;/h2*2-8,10H,9,11H2,1H3;3H,1-2H3;2*1H;/q;;;;;+2/p-2. The van der Waals surface area contributed by atoms with Crippen LogP contribution in [-0.4, -0.2) is 5.92 Å². The molecule has 2 aliphatic carbocycles. The molecule has 0 nitrogen and oxygen atoms in total. The van der Waals surface area contributed by atoms with Crippen LogP contribution >= 0.6 is 17.0 Å². The zero-order valence-electron chi connectivity index (χ0n) is 23.9. The predicted molar refractivity (Wildman–Crippen MR) is 176 cm³/mol. The van der Waals surface area contributed by atoms with Crippen molar-refractivity contribution in [2.24, 2.45) is 0 Å². The molecular weight excluding hydrogens is 623 g/mol. The molecule has 4 heteroatoms. The van der Waals surface area contributed by atoms with E-state index in [1.807, 2.05) is 0 Å². The number of benzene rings is 4. The minimum absolute atomic E-state index is 0.846. The molecule has 0 aromatic heterocycles. The molecule has 0 amide bonds. The van der Waals surface area contributed by atoms with E-state index < -0.39 is 21.5 Å². The molecule has 0 radical (unpaired) electrons. The van der Waals surface area contributed by atoms with Crippen LogP contribution < -0.4 is 6.54 Å². The van der Waals surface area contributed by atoms with Crippen molar-refractivity contribution in [2.75, 3.05) is 0 Å². The molecule has 0 bridgehead atoms. The minimum atomic E-state index is -4.95. The van der Waals surface area contributed by atoms with E-state index in [4.69, 9.17) is 17.0 Å². The van der Waals surface area contributed by atoms with E-state index in [1.165, 1.54) is 62.2 Å². The Kier molecular flexibility index (Phi) is 7.54. The number of hydrogen-bond acceptors (Lipinski definition) is 0. The third-order valence-electron chi connectivity index (χ3n) is 8.97. The fourth-order valence-electron chi connectivity index (χ4n) is 6.96. The Balaban J connectivity index is 1.69. The molecule has 4 aromatic rings. The summed E-state index contributed by atoms with van der Waals surface area (Å²) in [6.45, 7) is 9.32. The van der Waals surface area contributed by atoms with E-state index in [-0.39, 0.29) is 0 Å². The molecule has 0 saturated carbocycles. The van der Waals surface area contributed by atoms with Crippen LogP contribution in [0.5, 0.6) is 0 Å². The van der Waals surface area contributed by atoms with Gasteiger partial charge in [-0.05, 0) is 0 Å². The van der Waals surface area contributed by atoms with Gasteiger partial charge in [0.05, 0.1) is 0 Å². The van der Waals surface area contributed by atoms with Crippen molar-refractivity contribution in [1.29, 1.82) is 0 Å². The zero-order chi connectivity index (χ0) is 28.1. The Morgan fingerprint density at radius 3 is 1.38 bits per heavy atom. The van der Waals surface area contributed by atoms with Crippen molar-refractivity contribution < 1.29 is 15.6 Å². The molecule has 0 atom stereocenters. The summed E-state index contributed by atoms with van der Waals surface area (Å²) in [7, 11) is 17.1. The van der Waals surface area contributed by atoms with Gasteiger partial charge in [-0.15, -0.1) is 0 Å². The molecule has 0 spiro atoms. The Morgan fingerprint density at radius 1 is 0.600 bits per heavy atom. The first-order chi connectivity index (χ1) is 19.1. The molecule has 0 aliphatic heterocycles. The van der Waals surface area contributed by atoms with Gasteiger partial charge in [0.15, 0.2) is 0 Å². The topological polar surface area (TPSA) is 0 Å². The van der Waals surface area contributed by atoms with Gasteiger partial charge in [0.1, 0.15) is 0 Å². The van der Waals surface area contributed by atoms with E-state index >= 15 is 0 Å². The molecule has 0 heterocycles. The normalized spacial score (nSPS) is 15.3. The fourth-order valence-corrected chi connectivity index (χ4v) is 33.9. The molecule has 2 aliphatic rings. The third-order valence-corrected chi connectivity index (χ3v) is 56.7. The molecule has 4 aromatic carbocycles. The molecule has 0 N–H and O–H groups in total. The summed E-state index contributed by atoms with van der Waals surface area (Å²) in [6, 6.07) is 31.0. The van der Waals surface area contributed by atoms with E-state index in [0.29, 0.717) is 0 Å². The molecule has 0 saturated heterocycles. The first kappa shape index (κ1) is 28.2. The molecule has 0 fully saturated rings. The van der Waals surface area contributed by atoms with Crippen molar-refractivity contribution in [3.05, 3.63) is 141 Å². The van der Waals surface area contributed by atoms with E-state index in [2.05, 4.69) is 124 Å². The Bertz CT molecular complexity index is 1550. The molecule has 203 valence electrons. The van der Waals surface area contributed by atoms with Crippen LogP contribution in [0.4, 0.5) is 0 Å². The van der Waals surface area contributed by atoms with Crippen LogP contribution in [0.25, 0.3) is 12.2 Å². The van der Waals surface area contributed by atoms with Gasteiger partial charge >= 0.3 is 250 Å². The van der Waals surface area contributed by atoms with Gasteiger partial charge < -0.3 is 0 Å². The van der Waals surface area contributed by atoms with Gasteiger partial charge in [0.25, 0.3) is 0 Å². The van der Waals surface area contributed by atoms with Crippen LogP contribution in [0.15, 0.2) is 96.1 Å². The van der Waals surface area contributed by atoms with Crippen molar-refractivity contribution in [1.82, 2.24) is 0 Å². The van der Waals surface area contributed by atoms with E-state index in [9.17, 15) is 0 Å². The number of rotatable bonds is 7. The number of allylic oxidation sites excluding steroid dienone is 2. The predicted octanol–water partition coefficient (Wildman–Crippen LogP) is 8.72. The fraction of sp³-hybridized carbons (Fsp3) is 0.222. The van der Waals surface area contributed by atoms with E-state index in [1.54, 1.807) is 0 Å². The second-order valence-corrected chi connectivity index (χ2v) is 52.4. The summed E-state index contributed by atoms with van der Waals surface area (Å²) >= 11 is -4.95. The summed E-state index contributed by atoms with van der Waals surface area (Å²) in [5, 5.41) is 0.